The maximum atomic E-state index is 6.65. The highest BCUT2D eigenvalue weighted by atomic mass is 32.1. The van der Waals surface area contributed by atoms with Gasteiger partial charge in [-0.1, -0.05) is 27.7 Å². The fraction of sp³-hybridized carbons (Fsp3) is 0.765. The van der Waals surface area contributed by atoms with E-state index in [9.17, 15) is 0 Å². The molecule has 0 aliphatic heterocycles. The van der Waals surface area contributed by atoms with Gasteiger partial charge in [0.15, 0.2) is 0 Å². The molecule has 0 amide bonds. The lowest BCUT2D eigenvalue weighted by molar-refractivity contribution is 0.134. The van der Waals surface area contributed by atoms with E-state index >= 15 is 0 Å². The van der Waals surface area contributed by atoms with Crippen LogP contribution >= 0.6 is 11.3 Å². The predicted molar refractivity (Wildman–Crippen MR) is 85.7 cm³/mol. The van der Waals surface area contributed by atoms with Gasteiger partial charge in [-0.15, -0.1) is 11.3 Å². The lowest BCUT2D eigenvalue weighted by Crippen LogP contribution is -2.46. The number of rotatable bonds is 3. The van der Waals surface area contributed by atoms with Crippen LogP contribution in [0.5, 0.6) is 0 Å². The van der Waals surface area contributed by atoms with E-state index in [-0.39, 0.29) is 5.54 Å². The van der Waals surface area contributed by atoms with Crippen molar-refractivity contribution in [1.82, 2.24) is 0 Å². The highest BCUT2D eigenvalue weighted by molar-refractivity contribution is 7.12. The van der Waals surface area contributed by atoms with Crippen LogP contribution in [0.15, 0.2) is 12.1 Å². The SMILES string of the molecule is CCc1ccc(CC2(N)CCC(C(C)(C)C)CC2)s1. The van der Waals surface area contributed by atoms with Crippen molar-refractivity contribution >= 4 is 11.3 Å². The molecule has 0 spiro atoms. The van der Waals surface area contributed by atoms with E-state index in [2.05, 4.69) is 39.8 Å². The Bertz CT molecular complexity index is 405. The van der Waals surface area contributed by atoms with Crippen LogP contribution < -0.4 is 5.73 Å². The lowest BCUT2D eigenvalue weighted by Gasteiger charge is -2.42. The molecule has 2 N–H and O–H groups in total. The number of hydrogen-bond donors (Lipinski definition) is 1. The standard InChI is InChI=1S/C17H29NS/c1-5-14-6-7-15(19-14)12-17(18)10-8-13(9-11-17)16(2,3)4/h6-7,13H,5,8-12,18H2,1-4H3. The van der Waals surface area contributed by atoms with Crippen LogP contribution in [-0.2, 0) is 12.8 Å². The molecule has 0 aromatic carbocycles. The van der Waals surface area contributed by atoms with Crippen LogP contribution in [0.25, 0.3) is 0 Å². The Hall–Kier alpha value is -0.340. The molecule has 0 bridgehead atoms. The Kier molecular flexibility index (Phi) is 4.42. The van der Waals surface area contributed by atoms with Gasteiger partial charge in [0.2, 0.25) is 0 Å². The first-order valence-electron chi connectivity index (χ1n) is 7.69. The third-order valence-corrected chi connectivity index (χ3v) is 6.03. The van der Waals surface area contributed by atoms with E-state index in [1.54, 1.807) is 0 Å². The minimum absolute atomic E-state index is 0.0532. The Morgan fingerprint density at radius 1 is 1.21 bits per heavy atom. The molecule has 1 fully saturated rings. The Labute approximate surface area is 122 Å². The molecule has 0 unspecified atom stereocenters. The molecule has 0 atom stereocenters. The second kappa shape index (κ2) is 5.57. The summed E-state index contributed by atoms with van der Waals surface area (Å²) < 4.78 is 0. The molecular weight excluding hydrogens is 250 g/mol. The molecule has 2 heteroatoms. The summed E-state index contributed by atoms with van der Waals surface area (Å²) in [6.07, 6.45) is 7.20. The highest BCUT2D eigenvalue weighted by Crippen LogP contribution is 2.41. The highest BCUT2D eigenvalue weighted by Gasteiger charge is 2.36. The number of nitrogens with two attached hydrogens (primary N) is 1. The Morgan fingerprint density at radius 3 is 2.26 bits per heavy atom. The van der Waals surface area contributed by atoms with E-state index in [0.29, 0.717) is 5.41 Å². The third kappa shape index (κ3) is 3.82. The van der Waals surface area contributed by atoms with Crippen LogP contribution in [0.2, 0.25) is 0 Å². The van der Waals surface area contributed by atoms with Crippen molar-refractivity contribution in [2.75, 3.05) is 0 Å². The molecule has 0 saturated heterocycles. The molecule has 1 saturated carbocycles. The maximum absolute atomic E-state index is 6.65. The molecule has 1 nitrogen and oxygen atoms in total. The molecule has 1 aromatic rings. The van der Waals surface area contributed by atoms with Crippen molar-refractivity contribution < 1.29 is 0 Å². The summed E-state index contributed by atoms with van der Waals surface area (Å²) in [5, 5.41) is 0. The van der Waals surface area contributed by atoms with Crippen molar-refractivity contribution in [2.24, 2.45) is 17.1 Å². The molecule has 0 radical (unpaired) electrons. The first-order chi connectivity index (χ1) is 8.82. The first kappa shape index (κ1) is 15.1. The smallest absolute Gasteiger partial charge is 0.0203 e. The van der Waals surface area contributed by atoms with Crippen LogP contribution in [0, 0.1) is 11.3 Å². The summed E-state index contributed by atoms with van der Waals surface area (Å²) in [4.78, 5) is 2.97. The summed E-state index contributed by atoms with van der Waals surface area (Å²) in [5.41, 5.74) is 7.15. The van der Waals surface area contributed by atoms with Gasteiger partial charge in [-0.25, -0.2) is 0 Å². The fourth-order valence-electron chi connectivity index (χ4n) is 3.29. The molecule has 1 aliphatic carbocycles. The zero-order valence-electron chi connectivity index (χ0n) is 13.0. The van der Waals surface area contributed by atoms with Gasteiger partial charge in [-0.3, -0.25) is 0 Å². The molecule has 2 rings (SSSR count). The molecule has 108 valence electrons. The first-order valence-corrected chi connectivity index (χ1v) is 8.50. The summed E-state index contributed by atoms with van der Waals surface area (Å²) in [7, 11) is 0. The molecule has 1 aliphatic rings. The van der Waals surface area contributed by atoms with E-state index in [4.69, 9.17) is 5.73 Å². The number of aryl methyl sites for hydroxylation is 1. The van der Waals surface area contributed by atoms with Crippen molar-refractivity contribution in [2.45, 2.75) is 71.8 Å². The van der Waals surface area contributed by atoms with Crippen molar-refractivity contribution in [3.63, 3.8) is 0 Å². The third-order valence-electron chi connectivity index (χ3n) is 4.80. The largest absolute Gasteiger partial charge is 0.325 e. The summed E-state index contributed by atoms with van der Waals surface area (Å²) in [6, 6.07) is 4.55. The topological polar surface area (TPSA) is 26.0 Å². The van der Waals surface area contributed by atoms with Crippen LogP contribution in [0.1, 0.15) is 63.1 Å². The molecule has 1 heterocycles. The van der Waals surface area contributed by atoms with Gasteiger partial charge in [0.05, 0.1) is 0 Å². The zero-order chi connectivity index (χ0) is 14.1. The monoisotopic (exact) mass is 279 g/mol. The number of thiophene rings is 1. The zero-order valence-corrected chi connectivity index (χ0v) is 13.8. The van der Waals surface area contributed by atoms with Gasteiger partial charge in [0, 0.05) is 15.3 Å². The van der Waals surface area contributed by atoms with E-state index < -0.39 is 0 Å². The van der Waals surface area contributed by atoms with Gasteiger partial charge >= 0.3 is 0 Å². The quantitative estimate of drug-likeness (QED) is 0.846. The average molecular weight is 279 g/mol. The normalized spacial score (nSPS) is 28.6. The summed E-state index contributed by atoms with van der Waals surface area (Å²) >= 11 is 1.95. The van der Waals surface area contributed by atoms with E-state index in [0.717, 1.165) is 18.8 Å². The lowest BCUT2D eigenvalue weighted by atomic mass is 9.67. The second-order valence-electron chi connectivity index (χ2n) is 7.40. The second-order valence-corrected chi connectivity index (χ2v) is 8.65. The van der Waals surface area contributed by atoms with Gasteiger partial charge in [-0.05, 0) is 62.0 Å². The molecule has 19 heavy (non-hydrogen) atoms. The van der Waals surface area contributed by atoms with E-state index in [1.807, 2.05) is 11.3 Å². The van der Waals surface area contributed by atoms with Gasteiger partial charge in [0.1, 0.15) is 0 Å². The fourth-order valence-corrected chi connectivity index (χ4v) is 4.40. The van der Waals surface area contributed by atoms with Crippen LogP contribution in [0.4, 0.5) is 0 Å². The van der Waals surface area contributed by atoms with Crippen LogP contribution in [-0.4, -0.2) is 5.54 Å². The van der Waals surface area contributed by atoms with Crippen LogP contribution in [0.3, 0.4) is 0 Å². The maximum Gasteiger partial charge on any atom is 0.0203 e. The summed E-state index contributed by atoms with van der Waals surface area (Å²) in [5.74, 6) is 0.846. The number of hydrogen-bond acceptors (Lipinski definition) is 2. The predicted octanol–water partition coefficient (Wildman–Crippen LogP) is 4.79. The van der Waals surface area contributed by atoms with Gasteiger partial charge in [-0.2, -0.15) is 0 Å². The minimum atomic E-state index is 0.0532. The average Bonchev–Trinajstić information content (AvgIpc) is 2.75. The molecule has 1 aromatic heterocycles. The minimum Gasteiger partial charge on any atom is -0.325 e. The van der Waals surface area contributed by atoms with Crippen molar-refractivity contribution in [3.8, 4) is 0 Å². The Morgan fingerprint density at radius 2 is 1.79 bits per heavy atom. The van der Waals surface area contributed by atoms with Gasteiger partial charge in [0.25, 0.3) is 0 Å². The van der Waals surface area contributed by atoms with Gasteiger partial charge < -0.3 is 5.73 Å². The Balaban J connectivity index is 1.94. The van der Waals surface area contributed by atoms with Crippen molar-refractivity contribution in [3.05, 3.63) is 21.9 Å². The van der Waals surface area contributed by atoms with E-state index in [1.165, 1.54) is 35.4 Å². The molecular formula is C17H29NS. The van der Waals surface area contributed by atoms with Crippen molar-refractivity contribution in [1.29, 1.82) is 0 Å². The summed E-state index contributed by atoms with van der Waals surface area (Å²) in [6.45, 7) is 9.33.